The first-order valence-corrected chi connectivity index (χ1v) is 11.4. The molecule has 5 nitrogen and oxygen atoms in total. The molecule has 0 aliphatic rings. The van der Waals surface area contributed by atoms with Crippen molar-refractivity contribution < 1.29 is 19.1 Å². The van der Waals surface area contributed by atoms with E-state index in [2.05, 4.69) is 26.1 Å². The molecule has 1 N–H and O–H groups in total. The summed E-state index contributed by atoms with van der Waals surface area (Å²) in [5.74, 6) is -0.174. The molecule has 6 heteroatoms. The Bertz CT molecular complexity index is 1080. The Morgan fingerprint density at radius 2 is 1.66 bits per heavy atom. The van der Waals surface area contributed by atoms with E-state index in [0.29, 0.717) is 16.3 Å². The van der Waals surface area contributed by atoms with Gasteiger partial charge in [-0.2, -0.15) is 0 Å². The standard InChI is InChI=1S/C26H29NO4S/c1-6-30-25(29)23-22(18-10-8-7-9-11-18)17(2)32-24(23)27-21(28)16-31-20-14-12-19(13-15-20)26(3,4)5/h7-15H,6,16H2,1-5H3,(H,27,28). The van der Waals surface area contributed by atoms with Gasteiger partial charge in [0.15, 0.2) is 6.61 Å². The molecule has 0 bridgehead atoms. The van der Waals surface area contributed by atoms with Crippen molar-refractivity contribution in [2.45, 2.75) is 40.0 Å². The Morgan fingerprint density at radius 3 is 2.25 bits per heavy atom. The molecule has 168 valence electrons. The van der Waals surface area contributed by atoms with Gasteiger partial charge in [-0.1, -0.05) is 63.2 Å². The Kier molecular flexibility index (Phi) is 7.36. The predicted molar refractivity (Wildman–Crippen MR) is 130 cm³/mol. The second-order valence-electron chi connectivity index (χ2n) is 8.44. The van der Waals surface area contributed by atoms with Gasteiger partial charge in [0.05, 0.1) is 6.61 Å². The average Bonchev–Trinajstić information content (AvgIpc) is 3.08. The molecule has 0 saturated carbocycles. The van der Waals surface area contributed by atoms with Gasteiger partial charge in [0, 0.05) is 10.4 Å². The molecule has 0 radical (unpaired) electrons. The number of thiophene rings is 1. The number of rotatable bonds is 7. The van der Waals surface area contributed by atoms with Gasteiger partial charge >= 0.3 is 5.97 Å². The molecule has 1 aromatic heterocycles. The van der Waals surface area contributed by atoms with Crippen LogP contribution in [-0.2, 0) is 14.9 Å². The molecule has 1 amide bonds. The molecule has 3 aromatic rings. The summed E-state index contributed by atoms with van der Waals surface area (Å²) in [5, 5.41) is 3.31. The summed E-state index contributed by atoms with van der Waals surface area (Å²) >= 11 is 1.36. The van der Waals surface area contributed by atoms with Gasteiger partial charge in [0.1, 0.15) is 16.3 Å². The van der Waals surface area contributed by atoms with Crippen LogP contribution in [0.1, 0.15) is 48.5 Å². The van der Waals surface area contributed by atoms with Crippen LogP contribution >= 0.6 is 11.3 Å². The maximum Gasteiger partial charge on any atom is 0.341 e. The lowest BCUT2D eigenvalue weighted by atomic mass is 9.87. The van der Waals surface area contributed by atoms with Gasteiger partial charge in [-0.15, -0.1) is 11.3 Å². The van der Waals surface area contributed by atoms with E-state index in [1.54, 1.807) is 6.92 Å². The molecule has 0 fully saturated rings. The fourth-order valence-electron chi connectivity index (χ4n) is 3.35. The molecule has 1 heterocycles. The highest BCUT2D eigenvalue weighted by molar-refractivity contribution is 7.17. The fraction of sp³-hybridized carbons (Fsp3) is 0.308. The zero-order chi connectivity index (χ0) is 23.3. The Hall–Kier alpha value is -3.12. The number of hydrogen-bond acceptors (Lipinski definition) is 5. The lowest BCUT2D eigenvalue weighted by Crippen LogP contribution is -2.21. The maximum absolute atomic E-state index is 12.7. The van der Waals surface area contributed by atoms with E-state index in [0.717, 1.165) is 16.0 Å². The Balaban J connectivity index is 1.77. The number of aryl methyl sites for hydroxylation is 1. The first kappa shape index (κ1) is 23.5. The number of esters is 1. The minimum atomic E-state index is -0.454. The number of ether oxygens (including phenoxy) is 2. The quantitative estimate of drug-likeness (QED) is 0.434. The molecule has 0 spiro atoms. The largest absolute Gasteiger partial charge is 0.484 e. The molecule has 0 aliphatic heterocycles. The van der Waals surface area contributed by atoms with E-state index in [1.807, 2.05) is 61.5 Å². The first-order chi connectivity index (χ1) is 15.2. The summed E-state index contributed by atoms with van der Waals surface area (Å²) in [6.07, 6.45) is 0. The summed E-state index contributed by atoms with van der Waals surface area (Å²) in [6, 6.07) is 17.4. The third-order valence-corrected chi connectivity index (χ3v) is 5.99. The van der Waals surface area contributed by atoms with Gasteiger partial charge in [-0.05, 0) is 42.5 Å². The third-order valence-electron chi connectivity index (χ3n) is 4.97. The van der Waals surface area contributed by atoms with Gasteiger partial charge in [0.2, 0.25) is 0 Å². The lowest BCUT2D eigenvalue weighted by molar-refractivity contribution is -0.118. The number of amides is 1. The average molecular weight is 452 g/mol. The van der Waals surface area contributed by atoms with Gasteiger partial charge < -0.3 is 14.8 Å². The fourth-order valence-corrected chi connectivity index (χ4v) is 4.43. The number of carbonyl (C=O) groups excluding carboxylic acids is 2. The normalized spacial score (nSPS) is 11.2. The Labute approximate surface area is 193 Å². The van der Waals surface area contributed by atoms with Crippen molar-refractivity contribution in [2.24, 2.45) is 0 Å². The molecule has 0 atom stereocenters. The molecule has 3 rings (SSSR count). The van der Waals surface area contributed by atoms with Crippen LogP contribution < -0.4 is 10.1 Å². The molecular weight excluding hydrogens is 422 g/mol. The van der Waals surface area contributed by atoms with Crippen LogP contribution in [0.3, 0.4) is 0 Å². The van der Waals surface area contributed by atoms with E-state index in [4.69, 9.17) is 9.47 Å². The zero-order valence-corrected chi connectivity index (χ0v) is 20.0. The molecule has 0 saturated heterocycles. The number of carbonyl (C=O) groups is 2. The SMILES string of the molecule is CCOC(=O)c1c(NC(=O)COc2ccc(C(C)(C)C)cc2)sc(C)c1-c1ccccc1. The van der Waals surface area contributed by atoms with Gasteiger partial charge in [-0.3, -0.25) is 4.79 Å². The van der Waals surface area contributed by atoms with E-state index in [9.17, 15) is 9.59 Å². The van der Waals surface area contributed by atoms with Crippen LogP contribution in [0.4, 0.5) is 5.00 Å². The smallest absolute Gasteiger partial charge is 0.341 e. The lowest BCUT2D eigenvalue weighted by Gasteiger charge is -2.19. The number of benzene rings is 2. The molecular formula is C26H29NO4S. The van der Waals surface area contributed by atoms with Crippen molar-refractivity contribution >= 4 is 28.2 Å². The summed E-state index contributed by atoms with van der Waals surface area (Å²) in [7, 11) is 0. The number of anilines is 1. The first-order valence-electron chi connectivity index (χ1n) is 10.6. The summed E-state index contributed by atoms with van der Waals surface area (Å²) < 4.78 is 10.9. The van der Waals surface area contributed by atoms with Crippen molar-refractivity contribution in [3.05, 3.63) is 70.6 Å². The second kappa shape index (κ2) is 10.0. The minimum absolute atomic E-state index is 0.0485. The van der Waals surface area contributed by atoms with Crippen molar-refractivity contribution in [3.63, 3.8) is 0 Å². The summed E-state index contributed by atoms with van der Waals surface area (Å²) in [5.41, 5.74) is 3.30. The second-order valence-corrected chi connectivity index (χ2v) is 9.66. The Morgan fingerprint density at radius 1 is 1.00 bits per heavy atom. The predicted octanol–water partition coefficient (Wildman–Crippen LogP) is 6.22. The molecule has 2 aromatic carbocycles. The van der Waals surface area contributed by atoms with Crippen LogP contribution in [0.5, 0.6) is 5.75 Å². The highest BCUT2D eigenvalue weighted by atomic mass is 32.1. The highest BCUT2D eigenvalue weighted by Gasteiger charge is 2.25. The monoisotopic (exact) mass is 451 g/mol. The third kappa shape index (κ3) is 5.56. The van der Waals surface area contributed by atoms with Crippen LogP contribution in [0.25, 0.3) is 11.1 Å². The summed E-state index contributed by atoms with van der Waals surface area (Å²) in [6.45, 7) is 10.2. The van der Waals surface area contributed by atoms with Crippen LogP contribution in [-0.4, -0.2) is 25.1 Å². The van der Waals surface area contributed by atoms with E-state index >= 15 is 0 Å². The van der Waals surface area contributed by atoms with Crippen molar-refractivity contribution in [1.29, 1.82) is 0 Å². The number of hydrogen-bond donors (Lipinski definition) is 1. The topological polar surface area (TPSA) is 64.6 Å². The molecule has 32 heavy (non-hydrogen) atoms. The number of nitrogens with one attached hydrogen (secondary N) is 1. The van der Waals surface area contributed by atoms with Crippen LogP contribution in [0.15, 0.2) is 54.6 Å². The minimum Gasteiger partial charge on any atom is -0.484 e. The molecule has 0 unspecified atom stereocenters. The van der Waals surface area contributed by atoms with E-state index in [-0.39, 0.29) is 24.5 Å². The van der Waals surface area contributed by atoms with Crippen molar-refractivity contribution in [3.8, 4) is 16.9 Å². The maximum atomic E-state index is 12.7. The van der Waals surface area contributed by atoms with E-state index in [1.165, 1.54) is 16.9 Å². The van der Waals surface area contributed by atoms with Crippen LogP contribution in [0.2, 0.25) is 0 Å². The van der Waals surface area contributed by atoms with Crippen molar-refractivity contribution in [2.75, 3.05) is 18.5 Å². The zero-order valence-electron chi connectivity index (χ0n) is 19.2. The van der Waals surface area contributed by atoms with Gasteiger partial charge in [-0.25, -0.2) is 4.79 Å². The molecule has 0 aliphatic carbocycles. The van der Waals surface area contributed by atoms with Crippen LogP contribution in [0, 0.1) is 6.92 Å². The van der Waals surface area contributed by atoms with E-state index < -0.39 is 5.97 Å². The summed E-state index contributed by atoms with van der Waals surface area (Å²) in [4.78, 5) is 26.3. The highest BCUT2D eigenvalue weighted by Crippen LogP contribution is 2.40. The van der Waals surface area contributed by atoms with Gasteiger partial charge in [0.25, 0.3) is 5.91 Å². The van der Waals surface area contributed by atoms with Crippen molar-refractivity contribution in [1.82, 2.24) is 0 Å².